The maximum absolute atomic E-state index is 14.2. The van der Waals surface area contributed by atoms with Crippen LogP contribution in [0.1, 0.15) is 39.0 Å². The standard InChI is InChI=1S/C16H21ClF2N2/c1-2-5-20-11-8-12-3-4-13(9-11)21(12)16-14(17)6-10(18)7-15(16)19/h6-7,11-13,20H,2-5,8-9H2,1H3. The highest BCUT2D eigenvalue weighted by Crippen LogP contribution is 2.43. The molecule has 2 aliphatic rings. The van der Waals surface area contributed by atoms with Gasteiger partial charge in [-0.1, -0.05) is 18.5 Å². The van der Waals surface area contributed by atoms with Crippen molar-refractivity contribution in [2.75, 3.05) is 11.4 Å². The van der Waals surface area contributed by atoms with Crippen molar-refractivity contribution in [3.05, 3.63) is 28.8 Å². The maximum Gasteiger partial charge on any atom is 0.150 e. The van der Waals surface area contributed by atoms with Gasteiger partial charge in [0.25, 0.3) is 0 Å². The van der Waals surface area contributed by atoms with Gasteiger partial charge in [0.15, 0.2) is 5.82 Å². The van der Waals surface area contributed by atoms with E-state index in [1.807, 2.05) is 0 Å². The molecule has 1 aromatic rings. The van der Waals surface area contributed by atoms with E-state index in [0.29, 0.717) is 23.8 Å². The Morgan fingerprint density at radius 1 is 1.24 bits per heavy atom. The molecule has 2 heterocycles. The highest BCUT2D eigenvalue weighted by Gasteiger charge is 2.42. The van der Waals surface area contributed by atoms with Crippen LogP contribution in [0.25, 0.3) is 0 Å². The van der Waals surface area contributed by atoms with Crippen molar-refractivity contribution >= 4 is 17.3 Å². The lowest BCUT2D eigenvalue weighted by Crippen LogP contribution is -2.49. The molecule has 0 radical (unpaired) electrons. The van der Waals surface area contributed by atoms with Gasteiger partial charge in [-0.2, -0.15) is 0 Å². The van der Waals surface area contributed by atoms with Gasteiger partial charge in [0, 0.05) is 24.2 Å². The molecule has 116 valence electrons. The van der Waals surface area contributed by atoms with Crippen molar-refractivity contribution in [1.82, 2.24) is 5.32 Å². The second-order valence-electron chi connectivity index (χ2n) is 6.13. The smallest absolute Gasteiger partial charge is 0.150 e. The van der Waals surface area contributed by atoms with Crippen molar-refractivity contribution in [1.29, 1.82) is 0 Å². The summed E-state index contributed by atoms with van der Waals surface area (Å²) in [6.45, 7) is 3.18. The van der Waals surface area contributed by atoms with Crippen molar-refractivity contribution < 1.29 is 8.78 Å². The molecule has 2 atom stereocenters. The molecule has 2 aliphatic heterocycles. The average Bonchev–Trinajstić information content (AvgIpc) is 2.68. The zero-order valence-electron chi connectivity index (χ0n) is 12.2. The number of nitrogens with zero attached hydrogens (tertiary/aromatic N) is 1. The highest BCUT2D eigenvalue weighted by atomic mass is 35.5. The predicted octanol–water partition coefficient (Wildman–Crippen LogP) is 4.12. The first-order valence-corrected chi connectivity index (χ1v) is 8.14. The van der Waals surface area contributed by atoms with Gasteiger partial charge in [-0.25, -0.2) is 8.78 Å². The molecule has 1 N–H and O–H groups in total. The van der Waals surface area contributed by atoms with E-state index in [9.17, 15) is 8.78 Å². The van der Waals surface area contributed by atoms with Gasteiger partial charge in [-0.15, -0.1) is 0 Å². The van der Waals surface area contributed by atoms with E-state index in [-0.39, 0.29) is 5.02 Å². The molecule has 2 nitrogen and oxygen atoms in total. The van der Waals surface area contributed by atoms with Crippen LogP contribution >= 0.6 is 11.6 Å². The Morgan fingerprint density at radius 3 is 2.48 bits per heavy atom. The van der Waals surface area contributed by atoms with E-state index in [1.165, 1.54) is 6.07 Å². The van der Waals surface area contributed by atoms with Gasteiger partial charge in [-0.3, -0.25) is 0 Å². The summed E-state index contributed by atoms with van der Waals surface area (Å²) in [5.74, 6) is -1.16. The first-order chi connectivity index (χ1) is 10.1. The molecule has 5 heteroatoms. The zero-order valence-corrected chi connectivity index (χ0v) is 13.0. The van der Waals surface area contributed by atoms with E-state index in [2.05, 4.69) is 17.1 Å². The summed E-state index contributed by atoms with van der Waals surface area (Å²) in [6, 6.07) is 3.25. The van der Waals surface area contributed by atoms with Crippen molar-refractivity contribution in [3.8, 4) is 0 Å². The monoisotopic (exact) mass is 314 g/mol. The second kappa shape index (κ2) is 6.09. The Hall–Kier alpha value is -0.870. The summed E-state index contributed by atoms with van der Waals surface area (Å²) in [7, 11) is 0. The third kappa shape index (κ3) is 2.88. The number of hydrogen-bond acceptors (Lipinski definition) is 2. The molecule has 0 aromatic heterocycles. The highest BCUT2D eigenvalue weighted by molar-refractivity contribution is 6.33. The lowest BCUT2D eigenvalue weighted by molar-refractivity contribution is 0.354. The average molecular weight is 315 g/mol. The summed E-state index contributed by atoms with van der Waals surface area (Å²) in [5, 5.41) is 3.75. The van der Waals surface area contributed by atoms with Crippen LogP contribution in [0.2, 0.25) is 5.02 Å². The van der Waals surface area contributed by atoms with E-state index in [1.54, 1.807) is 0 Å². The SMILES string of the molecule is CCCNC1CC2CCC(C1)N2c1c(F)cc(F)cc1Cl. The minimum Gasteiger partial charge on any atom is -0.362 e. The molecule has 2 saturated heterocycles. The van der Waals surface area contributed by atoms with E-state index < -0.39 is 11.6 Å². The lowest BCUT2D eigenvalue weighted by atomic mass is 9.96. The van der Waals surface area contributed by atoms with Crippen LogP contribution in [0.4, 0.5) is 14.5 Å². The number of halogens is 3. The molecule has 1 aromatic carbocycles. The van der Waals surface area contributed by atoms with Gasteiger partial charge >= 0.3 is 0 Å². The topological polar surface area (TPSA) is 15.3 Å². The van der Waals surface area contributed by atoms with E-state index >= 15 is 0 Å². The van der Waals surface area contributed by atoms with Crippen LogP contribution in [-0.2, 0) is 0 Å². The van der Waals surface area contributed by atoms with Crippen molar-refractivity contribution in [3.63, 3.8) is 0 Å². The van der Waals surface area contributed by atoms with Crippen molar-refractivity contribution in [2.45, 2.75) is 57.2 Å². The minimum absolute atomic E-state index is 0.185. The summed E-state index contributed by atoms with van der Waals surface area (Å²) < 4.78 is 27.4. The number of piperidine rings is 1. The first kappa shape index (κ1) is 15.0. The third-order valence-corrected chi connectivity index (χ3v) is 4.94. The van der Waals surface area contributed by atoms with Crippen LogP contribution in [0.5, 0.6) is 0 Å². The Morgan fingerprint density at radius 2 is 1.90 bits per heavy atom. The molecule has 0 aliphatic carbocycles. The largest absolute Gasteiger partial charge is 0.362 e. The second-order valence-corrected chi connectivity index (χ2v) is 6.54. The molecule has 0 saturated carbocycles. The number of hydrogen-bond donors (Lipinski definition) is 1. The van der Waals surface area contributed by atoms with Gasteiger partial charge in [0.2, 0.25) is 0 Å². The van der Waals surface area contributed by atoms with Crippen LogP contribution < -0.4 is 10.2 Å². The molecule has 2 fully saturated rings. The first-order valence-electron chi connectivity index (χ1n) is 7.76. The predicted molar refractivity (Wildman–Crippen MR) is 82.0 cm³/mol. The number of rotatable bonds is 4. The molecule has 0 amide bonds. The summed E-state index contributed by atoms with van der Waals surface area (Å²) in [4.78, 5) is 2.10. The van der Waals surface area contributed by atoms with Crippen LogP contribution in [-0.4, -0.2) is 24.7 Å². The molecule has 3 rings (SSSR count). The van der Waals surface area contributed by atoms with Gasteiger partial charge in [0.1, 0.15) is 5.82 Å². The van der Waals surface area contributed by atoms with Gasteiger partial charge < -0.3 is 10.2 Å². The molecular weight excluding hydrogens is 294 g/mol. The molecule has 21 heavy (non-hydrogen) atoms. The normalized spacial score (nSPS) is 28.2. The summed E-state index contributed by atoms with van der Waals surface area (Å²) in [5.41, 5.74) is 0.388. The number of benzene rings is 1. The van der Waals surface area contributed by atoms with Gasteiger partial charge in [0.05, 0.1) is 10.7 Å². The Bertz CT molecular complexity index is 486. The number of anilines is 1. The quantitative estimate of drug-likeness (QED) is 0.899. The minimum atomic E-state index is -0.618. The summed E-state index contributed by atoms with van der Waals surface area (Å²) in [6.07, 6.45) is 5.24. The number of fused-ring (bicyclic) bond motifs is 2. The maximum atomic E-state index is 14.2. The lowest BCUT2D eigenvalue weighted by Gasteiger charge is -2.41. The Balaban J connectivity index is 1.82. The Labute approximate surface area is 129 Å². The third-order valence-electron chi connectivity index (χ3n) is 4.66. The Kier molecular flexibility index (Phi) is 4.36. The zero-order chi connectivity index (χ0) is 15.0. The van der Waals surface area contributed by atoms with Crippen LogP contribution in [0.15, 0.2) is 12.1 Å². The van der Waals surface area contributed by atoms with Gasteiger partial charge in [-0.05, 0) is 44.7 Å². The molecule has 2 bridgehead atoms. The summed E-state index contributed by atoms with van der Waals surface area (Å²) >= 11 is 6.11. The molecular formula is C16H21ClF2N2. The van der Waals surface area contributed by atoms with E-state index in [4.69, 9.17) is 11.6 Å². The molecule has 0 spiro atoms. The number of nitrogens with one attached hydrogen (secondary N) is 1. The fourth-order valence-electron chi connectivity index (χ4n) is 3.84. The van der Waals surface area contributed by atoms with Crippen LogP contribution in [0, 0.1) is 11.6 Å². The fourth-order valence-corrected chi connectivity index (χ4v) is 4.13. The van der Waals surface area contributed by atoms with Crippen LogP contribution in [0.3, 0.4) is 0 Å². The molecule has 2 unspecified atom stereocenters. The van der Waals surface area contributed by atoms with Crippen molar-refractivity contribution in [2.24, 2.45) is 0 Å². The van der Waals surface area contributed by atoms with E-state index in [0.717, 1.165) is 44.7 Å². The fraction of sp³-hybridized carbons (Fsp3) is 0.625.